The molecule has 1 heterocycles. The number of benzene rings is 1. The monoisotopic (exact) mass is 246 g/mol. The highest BCUT2D eigenvalue weighted by molar-refractivity contribution is 7.80. The van der Waals surface area contributed by atoms with Crippen LogP contribution < -0.4 is 10.6 Å². The first kappa shape index (κ1) is 11.2. The zero-order chi connectivity index (χ0) is 11.7. The summed E-state index contributed by atoms with van der Waals surface area (Å²) in [5.41, 5.74) is 2.92. The second-order valence-electron chi connectivity index (χ2n) is 4.95. The number of hydrogen-bond donors (Lipinski definition) is 2. The van der Waals surface area contributed by atoms with E-state index in [9.17, 15) is 0 Å². The fraction of sp³-hybridized carbons (Fsp3) is 0.500. The van der Waals surface area contributed by atoms with E-state index in [2.05, 4.69) is 34.9 Å². The molecule has 0 amide bonds. The molecule has 0 spiro atoms. The van der Waals surface area contributed by atoms with Gasteiger partial charge in [0.15, 0.2) is 0 Å². The average Bonchev–Trinajstić information content (AvgIpc) is 2.98. The molecule has 2 atom stereocenters. The Balaban J connectivity index is 1.68. The lowest BCUT2D eigenvalue weighted by atomic mass is 10.1. The van der Waals surface area contributed by atoms with E-state index in [1.807, 2.05) is 0 Å². The molecule has 1 aromatic rings. The first-order valence-corrected chi connectivity index (χ1v) is 6.87. The first-order valence-electron chi connectivity index (χ1n) is 6.46. The van der Waals surface area contributed by atoms with Crippen LogP contribution in [0.4, 0.5) is 0 Å². The van der Waals surface area contributed by atoms with Gasteiger partial charge in [0.25, 0.3) is 0 Å². The van der Waals surface area contributed by atoms with E-state index in [-0.39, 0.29) is 0 Å². The summed E-state index contributed by atoms with van der Waals surface area (Å²) in [7, 11) is 0. The molecule has 2 N–H and O–H groups in total. The third-order valence-corrected chi connectivity index (χ3v) is 4.23. The summed E-state index contributed by atoms with van der Waals surface area (Å²) < 4.78 is 0. The molecule has 1 aliphatic heterocycles. The van der Waals surface area contributed by atoms with Crippen LogP contribution in [-0.4, -0.2) is 17.6 Å². The molecule has 1 fully saturated rings. The Hall–Kier alpha value is -0.930. The van der Waals surface area contributed by atoms with E-state index in [4.69, 9.17) is 12.2 Å². The van der Waals surface area contributed by atoms with Crippen molar-refractivity contribution < 1.29 is 0 Å². The second-order valence-corrected chi connectivity index (χ2v) is 5.39. The molecule has 0 unspecified atom stereocenters. The van der Waals surface area contributed by atoms with Gasteiger partial charge in [0, 0.05) is 0 Å². The second kappa shape index (κ2) is 4.75. The zero-order valence-corrected chi connectivity index (χ0v) is 10.7. The lowest BCUT2D eigenvalue weighted by molar-refractivity contribution is 0.619. The molecule has 1 aliphatic carbocycles. The van der Waals surface area contributed by atoms with Crippen LogP contribution in [0.5, 0.6) is 0 Å². The van der Waals surface area contributed by atoms with Crippen LogP contribution in [0.3, 0.4) is 0 Å². The summed E-state index contributed by atoms with van der Waals surface area (Å²) in [4.78, 5) is 1.00. The van der Waals surface area contributed by atoms with Gasteiger partial charge < -0.3 is 10.6 Å². The van der Waals surface area contributed by atoms with E-state index in [1.54, 1.807) is 0 Å². The van der Waals surface area contributed by atoms with Gasteiger partial charge in [-0.1, -0.05) is 36.5 Å². The van der Waals surface area contributed by atoms with E-state index in [0.717, 1.165) is 11.5 Å². The SMILES string of the molecule is S=C(N[C@@H]1CCc2ccccc21)[C@@H]1CCCN1. The molecule has 0 aromatic heterocycles. The minimum atomic E-state index is 0.401. The van der Waals surface area contributed by atoms with Crippen LogP contribution in [0.15, 0.2) is 24.3 Å². The van der Waals surface area contributed by atoms with E-state index < -0.39 is 0 Å². The van der Waals surface area contributed by atoms with Gasteiger partial charge in [-0.25, -0.2) is 0 Å². The van der Waals surface area contributed by atoms with Gasteiger partial charge in [-0.05, 0) is 43.4 Å². The van der Waals surface area contributed by atoms with Crippen molar-refractivity contribution in [3.8, 4) is 0 Å². The summed E-state index contributed by atoms with van der Waals surface area (Å²) in [5.74, 6) is 0. The van der Waals surface area contributed by atoms with Crippen LogP contribution in [-0.2, 0) is 6.42 Å². The predicted octanol–water partition coefficient (Wildman–Crippen LogP) is 2.34. The van der Waals surface area contributed by atoms with Crippen molar-refractivity contribution in [1.29, 1.82) is 0 Å². The van der Waals surface area contributed by atoms with Crippen LogP contribution >= 0.6 is 12.2 Å². The molecule has 2 aliphatic rings. The number of rotatable bonds is 2. The largest absolute Gasteiger partial charge is 0.372 e. The van der Waals surface area contributed by atoms with Gasteiger partial charge in [-0.15, -0.1) is 0 Å². The minimum absolute atomic E-state index is 0.401. The summed E-state index contributed by atoms with van der Waals surface area (Å²) in [6.07, 6.45) is 4.77. The standard InChI is InChI=1S/C14H18N2S/c17-14(13-6-3-9-15-13)16-12-8-7-10-4-1-2-5-11(10)12/h1-2,4-5,12-13,15H,3,6-9H2,(H,16,17)/t12-,13+/m1/s1. The molecule has 90 valence electrons. The average molecular weight is 246 g/mol. The molecule has 3 rings (SSSR count). The van der Waals surface area contributed by atoms with Crippen LogP contribution in [0.25, 0.3) is 0 Å². The number of hydrogen-bond acceptors (Lipinski definition) is 2. The van der Waals surface area contributed by atoms with Crippen molar-refractivity contribution in [2.45, 2.75) is 37.8 Å². The highest BCUT2D eigenvalue weighted by atomic mass is 32.1. The maximum Gasteiger partial charge on any atom is 0.0930 e. The Bertz CT molecular complexity index is 424. The molecule has 0 saturated carbocycles. The van der Waals surface area contributed by atoms with Crippen molar-refractivity contribution in [2.24, 2.45) is 0 Å². The van der Waals surface area contributed by atoms with Crippen molar-refractivity contribution in [3.05, 3.63) is 35.4 Å². The fourth-order valence-corrected chi connectivity index (χ4v) is 3.23. The first-order chi connectivity index (χ1) is 8.34. The Morgan fingerprint density at radius 2 is 2.18 bits per heavy atom. The van der Waals surface area contributed by atoms with Crippen LogP contribution in [0, 0.1) is 0 Å². The summed E-state index contributed by atoms with van der Waals surface area (Å²) in [6.45, 7) is 1.10. The fourth-order valence-electron chi connectivity index (χ4n) is 2.89. The molecular weight excluding hydrogens is 228 g/mol. The Labute approximate surface area is 108 Å². The van der Waals surface area contributed by atoms with E-state index in [1.165, 1.54) is 36.8 Å². The normalized spacial score (nSPS) is 26.8. The maximum atomic E-state index is 5.51. The molecular formula is C14H18N2S. The Kier molecular flexibility index (Phi) is 3.12. The van der Waals surface area contributed by atoms with Gasteiger partial charge in [0.2, 0.25) is 0 Å². The smallest absolute Gasteiger partial charge is 0.0930 e. The van der Waals surface area contributed by atoms with E-state index in [0.29, 0.717) is 12.1 Å². The van der Waals surface area contributed by atoms with Gasteiger partial charge in [0.05, 0.1) is 17.1 Å². The van der Waals surface area contributed by atoms with Crippen molar-refractivity contribution in [3.63, 3.8) is 0 Å². The predicted molar refractivity (Wildman–Crippen MR) is 74.3 cm³/mol. The topological polar surface area (TPSA) is 24.1 Å². The number of thiocarbonyl (C=S) groups is 1. The van der Waals surface area contributed by atoms with E-state index >= 15 is 0 Å². The van der Waals surface area contributed by atoms with Gasteiger partial charge in [-0.2, -0.15) is 0 Å². The molecule has 1 saturated heterocycles. The molecule has 3 heteroatoms. The molecule has 2 nitrogen and oxygen atoms in total. The van der Waals surface area contributed by atoms with Gasteiger partial charge in [-0.3, -0.25) is 0 Å². The third-order valence-electron chi connectivity index (χ3n) is 3.83. The molecule has 0 bridgehead atoms. The number of aryl methyl sites for hydroxylation is 1. The maximum absolute atomic E-state index is 5.51. The molecule has 17 heavy (non-hydrogen) atoms. The number of nitrogens with one attached hydrogen (secondary N) is 2. The lowest BCUT2D eigenvalue weighted by Gasteiger charge is -2.20. The summed E-state index contributed by atoms with van der Waals surface area (Å²) >= 11 is 5.51. The van der Waals surface area contributed by atoms with Crippen molar-refractivity contribution in [1.82, 2.24) is 10.6 Å². The zero-order valence-electron chi connectivity index (χ0n) is 9.91. The van der Waals surface area contributed by atoms with Crippen molar-refractivity contribution >= 4 is 17.2 Å². The van der Waals surface area contributed by atoms with Gasteiger partial charge in [0.1, 0.15) is 0 Å². The van der Waals surface area contributed by atoms with Crippen molar-refractivity contribution in [2.75, 3.05) is 6.54 Å². The minimum Gasteiger partial charge on any atom is -0.372 e. The molecule has 0 radical (unpaired) electrons. The molecule has 1 aromatic carbocycles. The van der Waals surface area contributed by atoms with Crippen LogP contribution in [0.2, 0.25) is 0 Å². The Morgan fingerprint density at radius 3 is 3.00 bits per heavy atom. The lowest BCUT2D eigenvalue weighted by Crippen LogP contribution is -2.40. The quantitative estimate of drug-likeness (QED) is 0.783. The summed E-state index contributed by atoms with van der Waals surface area (Å²) in [5, 5.41) is 7.00. The highest BCUT2D eigenvalue weighted by Gasteiger charge is 2.25. The Morgan fingerprint density at radius 1 is 1.29 bits per heavy atom. The number of fused-ring (bicyclic) bond motifs is 1. The highest BCUT2D eigenvalue weighted by Crippen LogP contribution is 2.30. The van der Waals surface area contributed by atoms with Crippen LogP contribution in [0.1, 0.15) is 36.4 Å². The summed E-state index contributed by atoms with van der Waals surface area (Å²) in [6, 6.07) is 9.53. The third kappa shape index (κ3) is 2.22. The van der Waals surface area contributed by atoms with Gasteiger partial charge >= 0.3 is 0 Å².